The fraction of sp³-hybridized carbons (Fsp3) is 0.231. The number of aromatic amines is 1. The molecule has 0 atom stereocenters. The molecule has 0 fully saturated rings. The number of hydrogen-bond acceptors (Lipinski definition) is 2. The normalized spacial score (nSPS) is 11.6. The zero-order valence-electron chi connectivity index (χ0n) is 10.2. The van der Waals surface area contributed by atoms with E-state index in [-0.39, 0.29) is 12.8 Å². The van der Waals surface area contributed by atoms with E-state index in [1.54, 1.807) is 0 Å². The number of carboxylic acids is 1. The second kappa shape index (κ2) is 5.36. The number of carboxylic acid groups (broad SMARTS) is 1. The summed E-state index contributed by atoms with van der Waals surface area (Å²) in [7, 11) is 0. The van der Waals surface area contributed by atoms with Crippen molar-refractivity contribution in [3.8, 4) is 11.1 Å². The molecule has 0 aliphatic carbocycles. The van der Waals surface area contributed by atoms with Gasteiger partial charge in [-0.05, 0) is 17.7 Å². The predicted molar refractivity (Wildman–Crippen MR) is 65.0 cm³/mol. The second-order valence-corrected chi connectivity index (χ2v) is 4.23. The first-order valence-electron chi connectivity index (χ1n) is 5.79. The van der Waals surface area contributed by atoms with Crippen molar-refractivity contribution in [2.45, 2.75) is 19.0 Å². The molecule has 0 bridgehead atoms. The number of H-pyrrole nitrogens is 1. The van der Waals surface area contributed by atoms with Crippen LogP contribution in [0.1, 0.15) is 17.7 Å². The first-order valence-corrected chi connectivity index (χ1v) is 5.79. The van der Waals surface area contributed by atoms with Gasteiger partial charge in [-0.1, -0.05) is 12.1 Å². The molecule has 0 aliphatic heterocycles. The van der Waals surface area contributed by atoms with Crippen molar-refractivity contribution in [1.29, 1.82) is 0 Å². The third kappa shape index (κ3) is 3.17. The van der Waals surface area contributed by atoms with Crippen LogP contribution in [-0.4, -0.2) is 21.3 Å². The summed E-state index contributed by atoms with van der Waals surface area (Å²) in [5, 5.41) is 15.0. The van der Waals surface area contributed by atoms with Crippen LogP contribution in [-0.2, 0) is 17.4 Å². The van der Waals surface area contributed by atoms with Crippen molar-refractivity contribution in [3.05, 3.63) is 41.7 Å². The summed E-state index contributed by atoms with van der Waals surface area (Å²) in [5.41, 5.74) is 0.596. The summed E-state index contributed by atoms with van der Waals surface area (Å²) in [6.07, 6.45) is -2.96. The fourth-order valence-electron chi connectivity index (χ4n) is 1.85. The zero-order valence-corrected chi connectivity index (χ0v) is 10.2. The first kappa shape index (κ1) is 14.1. The molecule has 2 N–H and O–H groups in total. The second-order valence-electron chi connectivity index (χ2n) is 4.23. The summed E-state index contributed by atoms with van der Waals surface area (Å²) in [5.74, 6) is -0.977. The van der Waals surface area contributed by atoms with Crippen molar-refractivity contribution in [3.63, 3.8) is 0 Å². The number of aromatic nitrogens is 2. The lowest BCUT2D eigenvalue weighted by Crippen LogP contribution is -2.04. The Balaban J connectivity index is 2.33. The zero-order chi connectivity index (χ0) is 14.8. The molecule has 0 spiro atoms. The van der Waals surface area contributed by atoms with Gasteiger partial charge in [-0.25, -0.2) is 0 Å². The monoisotopic (exact) mass is 284 g/mol. The lowest BCUT2D eigenvalue weighted by molar-refractivity contribution is -0.138. The van der Waals surface area contributed by atoms with Gasteiger partial charge in [0.1, 0.15) is 0 Å². The topological polar surface area (TPSA) is 66.0 Å². The minimum Gasteiger partial charge on any atom is -0.481 e. The van der Waals surface area contributed by atoms with E-state index in [1.165, 1.54) is 18.3 Å². The largest absolute Gasteiger partial charge is 0.481 e. The van der Waals surface area contributed by atoms with Gasteiger partial charge in [-0.15, -0.1) is 0 Å². The molecule has 106 valence electrons. The highest BCUT2D eigenvalue weighted by molar-refractivity contribution is 5.69. The van der Waals surface area contributed by atoms with Crippen LogP contribution in [0.5, 0.6) is 0 Å². The molecule has 0 radical (unpaired) electrons. The number of aryl methyl sites for hydroxylation is 1. The summed E-state index contributed by atoms with van der Waals surface area (Å²) < 4.78 is 38.0. The Kier molecular flexibility index (Phi) is 3.78. The van der Waals surface area contributed by atoms with E-state index in [9.17, 15) is 18.0 Å². The third-order valence-corrected chi connectivity index (χ3v) is 2.81. The van der Waals surface area contributed by atoms with Crippen LogP contribution in [0.2, 0.25) is 0 Å². The van der Waals surface area contributed by atoms with E-state index in [2.05, 4.69) is 10.2 Å². The smallest absolute Gasteiger partial charge is 0.416 e. The maximum absolute atomic E-state index is 12.7. The van der Waals surface area contributed by atoms with Crippen LogP contribution in [0.25, 0.3) is 11.1 Å². The number of halogens is 3. The highest BCUT2D eigenvalue weighted by atomic mass is 19.4. The maximum atomic E-state index is 12.7. The van der Waals surface area contributed by atoms with Crippen LogP contribution in [0.3, 0.4) is 0 Å². The molecule has 1 aromatic carbocycles. The highest BCUT2D eigenvalue weighted by Crippen LogP contribution is 2.32. The number of benzene rings is 1. The van der Waals surface area contributed by atoms with Gasteiger partial charge in [0.25, 0.3) is 0 Å². The molecule has 1 heterocycles. The summed E-state index contributed by atoms with van der Waals surface area (Å²) >= 11 is 0. The molecular formula is C13H11F3N2O2. The molecule has 0 aliphatic rings. The molecule has 20 heavy (non-hydrogen) atoms. The number of rotatable bonds is 4. The predicted octanol–water partition coefficient (Wildman–Crippen LogP) is 3.11. The van der Waals surface area contributed by atoms with Crippen molar-refractivity contribution < 1.29 is 23.1 Å². The SMILES string of the molecule is O=C(O)CCc1[nH]ncc1-c1cccc(C(F)(F)F)c1. The van der Waals surface area contributed by atoms with E-state index in [0.29, 0.717) is 16.8 Å². The molecular weight excluding hydrogens is 273 g/mol. The molecule has 0 unspecified atom stereocenters. The van der Waals surface area contributed by atoms with E-state index < -0.39 is 17.7 Å². The molecule has 2 aromatic rings. The number of nitrogens with one attached hydrogen (secondary N) is 1. The molecule has 0 saturated carbocycles. The molecule has 2 rings (SSSR count). The van der Waals surface area contributed by atoms with Gasteiger partial charge >= 0.3 is 12.1 Å². The molecule has 1 aromatic heterocycles. The Morgan fingerprint density at radius 2 is 2.10 bits per heavy atom. The van der Waals surface area contributed by atoms with Gasteiger partial charge in [0.15, 0.2) is 0 Å². The summed E-state index contributed by atoms with van der Waals surface area (Å²) in [6.45, 7) is 0. The van der Waals surface area contributed by atoms with E-state index in [0.717, 1.165) is 12.1 Å². The molecule has 0 amide bonds. The van der Waals surface area contributed by atoms with Gasteiger partial charge < -0.3 is 5.11 Å². The highest BCUT2D eigenvalue weighted by Gasteiger charge is 2.30. The van der Waals surface area contributed by atoms with Crippen LogP contribution in [0.15, 0.2) is 30.5 Å². The van der Waals surface area contributed by atoms with E-state index in [1.807, 2.05) is 0 Å². The molecule has 4 nitrogen and oxygen atoms in total. The van der Waals surface area contributed by atoms with Crippen LogP contribution in [0.4, 0.5) is 13.2 Å². The summed E-state index contributed by atoms with van der Waals surface area (Å²) in [6, 6.07) is 4.85. The number of nitrogens with zero attached hydrogens (tertiary/aromatic N) is 1. The standard InChI is InChI=1S/C13H11F3N2O2/c14-13(15,16)9-3-1-2-8(6-9)10-7-17-18-11(10)4-5-12(19)20/h1-3,6-7H,4-5H2,(H,17,18)(H,19,20). The molecule has 0 saturated heterocycles. The van der Waals surface area contributed by atoms with Gasteiger partial charge in [-0.3, -0.25) is 9.89 Å². The average Bonchev–Trinajstić information content (AvgIpc) is 2.83. The maximum Gasteiger partial charge on any atom is 0.416 e. The van der Waals surface area contributed by atoms with Crippen LogP contribution < -0.4 is 0 Å². The number of carbonyl (C=O) groups is 1. The van der Waals surface area contributed by atoms with E-state index >= 15 is 0 Å². The average molecular weight is 284 g/mol. The Labute approximate surface area is 112 Å². The van der Waals surface area contributed by atoms with Gasteiger partial charge in [-0.2, -0.15) is 18.3 Å². The van der Waals surface area contributed by atoms with Crippen molar-refractivity contribution in [2.75, 3.05) is 0 Å². The quantitative estimate of drug-likeness (QED) is 0.906. The number of alkyl halides is 3. The van der Waals surface area contributed by atoms with Crippen molar-refractivity contribution in [2.24, 2.45) is 0 Å². The van der Waals surface area contributed by atoms with Crippen LogP contribution >= 0.6 is 0 Å². The van der Waals surface area contributed by atoms with Crippen molar-refractivity contribution >= 4 is 5.97 Å². The lowest BCUT2D eigenvalue weighted by atomic mass is 10.0. The van der Waals surface area contributed by atoms with Crippen LogP contribution in [0, 0.1) is 0 Å². The Morgan fingerprint density at radius 1 is 1.35 bits per heavy atom. The summed E-state index contributed by atoms with van der Waals surface area (Å²) in [4.78, 5) is 10.5. The van der Waals surface area contributed by atoms with Gasteiger partial charge in [0.05, 0.1) is 18.2 Å². The van der Waals surface area contributed by atoms with E-state index in [4.69, 9.17) is 5.11 Å². The minimum atomic E-state index is -4.42. The minimum absolute atomic E-state index is 0.117. The lowest BCUT2D eigenvalue weighted by Gasteiger charge is -2.08. The van der Waals surface area contributed by atoms with Gasteiger partial charge in [0.2, 0.25) is 0 Å². The first-order chi connectivity index (χ1) is 9.38. The third-order valence-electron chi connectivity index (χ3n) is 2.81. The Morgan fingerprint density at radius 3 is 2.75 bits per heavy atom. The number of hydrogen-bond donors (Lipinski definition) is 2. The Hall–Kier alpha value is -2.31. The Bertz CT molecular complexity index is 620. The number of aliphatic carboxylic acids is 1. The molecule has 7 heteroatoms. The van der Waals surface area contributed by atoms with Crippen molar-refractivity contribution in [1.82, 2.24) is 10.2 Å². The van der Waals surface area contributed by atoms with Gasteiger partial charge in [0, 0.05) is 17.7 Å². The fourth-order valence-corrected chi connectivity index (χ4v) is 1.85.